The monoisotopic (exact) mass is 271 g/mol. The number of benzene rings is 1. The lowest BCUT2D eigenvalue weighted by Gasteiger charge is -2.10. The van der Waals surface area contributed by atoms with Gasteiger partial charge in [-0.25, -0.2) is 9.97 Å². The number of para-hydroxylation sites is 1. The van der Waals surface area contributed by atoms with Gasteiger partial charge in [-0.15, -0.1) is 0 Å². The SMILES string of the molecule is CCC(N)Cc1cc(C)nc(COc2ccccc2)n1. The minimum atomic E-state index is 0.146. The second-order valence-corrected chi connectivity index (χ2v) is 4.89. The molecule has 20 heavy (non-hydrogen) atoms. The van der Waals surface area contributed by atoms with E-state index in [4.69, 9.17) is 10.5 Å². The number of ether oxygens (including phenoxy) is 1. The first-order chi connectivity index (χ1) is 9.67. The summed E-state index contributed by atoms with van der Waals surface area (Å²) in [6.07, 6.45) is 1.72. The lowest BCUT2D eigenvalue weighted by Crippen LogP contribution is -2.22. The highest BCUT2D eigenvalue weighted by Gasteiger charge is 2.07. The molecule has 1 heterocycles. The van der Waals surface area contributed by atoms with Crippen LogP contribution in [0.4, 0.5) is 0 Å². The number of nitrogens with two attached hydrogens (primary N) is 1. The molecule has 2 N–H and O–H groups in total. The molecule has 1 aromatic heterocycles. The third kappa shape index (κ3) is 4.31. The molecule has 0 bridgehead atoms. The molecule has 0 saturated carbocycles. The summed E-state index contributed by atoms with van der Waals surface area (Å²) in [5.74, 6) is 1.52. The molecule has 0 saturated heterocycles. The van der Waals surface area contributed by atoms with Gasteiger partial charge in [-0.05, 0) is 31.5 Å². The van der Waals surface area contributed by atoms with Crippen molar-refractivity contribution < 1.29 is 4.74 Å². The largest absolute Gasteiger partial charge is 0.486 e. The fourth-order valence-electron chi connectivity index (χ4n) is 1.95. The molecule has 106 valence electrons. The number of rotatable bonds is 6. The van der Waals surface area contributed by atoms with Crippen molar-refractivity contribution in [3.63, 3.8) is 0 Å². The molecule has 1 atom stereocenters. The minimum Gasteiger partial charge on any atom is -0.486 e. The first-order valence-corrected chi connectivity index (χ1v) is 6.94. The summed E-state index contributed by atoms with van der Waals surface area (Å²) in [5.41, 5.74) is 7.91. The van der Waals surface area contributed by atoms with Crippen LogP contribution >= 0.6 is 0 Å². The molecule has 4 heteroatoms. The maximum atomic E-state index is 5.98. The fourth-order valence-corrected chi connectivity index (χ4v) is 1.95. The Morgan fingerprint density at radius 3 is 2.65 bits per heavy atom. The first kappa shape index (κ1) is 14.5. The van der Waals surface area contributed by atoms with Crippen LogP contribution in [0.1, 0.15) is 30.6 Å². The standard InChI is InChI=1S/C16H21N3O/c1-3-13(17)10-14-9-12(2)18-16(19-14)11-20-15-7-5-4-6-8-15/h4-9,13H,3,10-11,17H2,1-2H3. The van der Waals surface area contributed by atoms with Crippen molar-refractivity contribution in [2.24, 2.45) is 5.73 Å². The van der Waals surface area contributed by atoms with Crippen LogP contribution in [0, 0.1) is 6.92 Å². The zero-order valence-corrected chi connectivity index (χ0v) is 12.0. The molecule has 1 aromatic carbocycles. The summed E-state index contributed by atoms with van der Waals surface area (Å²) in [4.78, 5) is 8.93. The van der Waals surface area contributed by atoms with E-state index in [1.165, 1.54) is 0 Å². The van der Waals surface area contributed by atoms with E-state index < -0.39 is 0 Å². The number of aromatic nitrogens is 2. The fraction of sp³-hybridized carbons (Fsp3) is 0.375. The summed E-state index contributed by atoms with van der Waals surface area (Å²) in [6.45, 7) is 4.42. The molecule has 0 fully saturated rings. The van der Waals surface area contributed by atoms with Gasteiger partial charge in [0.15, 0.2) is 5.82 Å². The van der Waals surface area contributed by atoms with Gasteiger partial charge in [0.2, 0.25) is 0 Å². The Hall–Kier alpha value is -1.94. The Morgan fingerprint density at radius 1 is 1.20 bits per heavy atom. The predicted molar refractivity (Wildman–Crippen MR) is 79.5 cm³/mol. The predicted octanol–water partition coefficient (Wildman–Crippen LogP) is 2.64. The van der Waals surface area contributed by atoms with Crippen molar-refractivity contribution in [3.05, 3.63) is 53.6 Å². The van der Waals surface area contributed by atoms with Crippen LogP contribution in [0.25, 0.3) is 0 Å². The maximum Gasteiger partial charge on any atom is 0.166 e. The van der Waals surface area contributed by atoms with Gasteiger partial charge in [-0.2, -0.15) is 0 Å². The lowest BCUT2D eigenvalue weighted by molar-refractivity contribution is 0.295. The third-order valence-corrected chi connectivity index (χ3v) is 3.06. The maximum absolute atomic E-state index is 5.98. The Balaban J connectivity index is 2.04. The van der Waals surface area contributed by atoms with E-state index in [2.05, 4.69) is 16.9 Å². The van der Waals surface area contributed by atoms with E-state index in [1.807, 2.05) is 43.3 Å². The zero-order chi connectivity index (χ0) is 14.4. The molecule has 1 unspecified atom stereocenters. The van der Waals surface area contributed by atoms with Gasteiger partial charge in [0.05, 0.1) is 0 Å². The molecule has 2 aromatic rings. The van der Waals surface area contributed by atoms with Crippen LogP contribution in [-0.2, 0) is 13.0 Å². The normalized spacial score (nSPS) is 12.2. The van der Waals surface area contributed by atoms with Crippen LogP contribution in [0.5, 0.6) is 5.75 Å². The van der Waals surface area contributed by atoms with Gasteiger partial charge >= 0.3 is 0 Å². The number of hydrogen-bond donors (Lipinski definition) is 1. The van der Waals surface area contributed by atoms with Crippen molar-refractivity contribution in [3.8, 4) is 5.75 Å². The zero-order valence-electron chi connectivity index (χ0n) is 12.0. The molecule has 0 spiro atoms. The molecule has 4 nitrogen and oxygen atoms in total. The summed E-state index contributed by atoms with van der Waals surface area (Å²) in [6, 6.07) is 11.8. The smallest absolute Gasteiger partial charge is 0.166 e. The number of aryl methyl sites for hydroxylation is 1. The van der Waals surface area contributed by atoms with Crippen LogP contribution in [0.2, 0.25) is 0 Å². The van der Waals surface area contributed by atoms with Crippen LogP contribution in [0.15, 0.2) is 36.4 Å². The Kier molecular flexibility index (Phi) is 5.07. The molecular formula is C16H21N3O. The summed E-state index contributed by atoms with van der Waals surface area (Å²) in [7, 11) is 0. The molecule has 0 radical (unpaired) electrons. The third-order valence-electron chi connectivity index (χ3n) is 3.06. The van der Waals surface area contributed by atoms with Gasteiger partial charge in [0.1, 0.15) is 12.4 Å². The quantitative estimate of drug-likeness (QED) is 0.877. The number of nitrogens with zero attached hydrogens (tertiary/aromatic N) is 2. The lowest BCUT2D eigenvalue weighted by atomic mass is 10.1. The Bertz CT molecular complexity index is 543. The highest BCUT2D eigenvalue weighted by molar-refractivity contribution is 5.21. The van der Waals surface area contributed by atoms with Crippen LogP contribution in [-0.4, -0.2) is 16.0 Å². The van der Waals surface area contributed by atoms with Crippen LogP contribution < -0.4 is 10.5 Å². The van der Waals surface area contributed by atoms with Gasteiger partial charge in [0.25, 0.3) is 0 Å². The minimum absolute atomic E-state index is 0.146. The first-order valence-electron chi connectivity index (χ1n) is 6.94. The summed E-state index contributed by atoms with van der Waals surface area (Å²) in [5, 5.41) is 0. The van der Waals surface area contributed by atoms with Crippen LogP contribution in [0.3, 0.4) is 0 Å². The second-order valence-electron chi connectivity index (χ2n) is 4.89. The highest BCUT2D eigenvalue weighted by atomic mass is 16.5. The Morgan fingerprint density at radius 2 is 1.95 bits per heavy atom. The van der Waals surface area contributed by atoms with Crippen molar-refractivity contribution in [1.29, 1.82) is 0 Å². The van der Waals surface area contributed by atoms with Gasteiger partial charge in [-0.1, -0.05) is 25.1 Å². The molecule has 0 amide bonds. The topological polar surface area (TPSA) is 61.0 Å². The molecule has 0 aliphatic carbocycles. The van der Waals surface area contributed by atoms with Gasteiger partial charge in [0, 0.05) is 23.9 Å². The summed E-state index contributed by atoms with van der Waals surface area (Å²) >= 11 is 0. The average Bonchev–Trinajstić information content (AvgIpc) is 2.45. The second kappa shape index (κ2) is 7.01. The van der Waals surface area contributed by atoms with Gasteiger partial charge < -0.3 is 10.5 Å². The molecular weight excluding hydrogens is 250 g/mol. The van der Waals surface area contributed by atoms with E-state index in [9.17, 15) is 0 Å². The van der Waals surface area contributed by atoms with E-state index in [0.29, 0.717) is 12.4 Å². The average molecular weight is 271 g/mol. The Labute approximate surface area is 120 Å². The molecule has 0 aliphatic rings. The van der Waals surface area contributed by atoms with Crippen molar-refractivity contribution in [1.82, 2.24) is 9.97 Å². The van der Waals surface area contributed by atoms with E-state index in [1.54, 1.807) is 0 Å². The highest BCUT2D eigenvalue weighted by Crippen LogP contribution is 2.11. The number of hydrogen-bond acceptors (Lipinski definition) is 4. The van der Waals surface area contributed by atoms with E-state index in [0.717, 1.165) is 30.0 Å². The van der Waals surface area contributed by atoms with Crippen molar-refractivity contribution in [2.45, 2.75) is 39.3 Å². The van der Waals surface area contributed by atoms with Crippen molar-refractivity contribution in [2.75, 3.05) is 0 Å². The van der Waals surface area contributed by atoms with Gasteiger partial charge in [-0.3, -0.25) is 0 Å². The van der Waals surface area contributed by atoms with E-state index >= 15 is 0 Å². The van der Waals surface area contributed by atoms with Crippen molar-refractivity contribution >= 4 is 0 Å². The molecule has 0 aliphatic heterocycles. The molecule has 2 rings (SSSR count). The summed E-state index contributed by atoms with van der Waals surface area (Å²) < 4.78 is 5.68. The van der Waals surface area contributed by atoms with E-state index in [-0.39, 0.29) is 6.04 Å².